The molecule has 208 valence electrons. The Morgan fingerprint density at radius 3 is 2.44 bits per heavy atom. The number of carbonyl (C=O) groups is 3. The largest absolute Gasteiger partial charge is 0.489 e. The van der Waals surface area contributed by atoms with Gasteiger partial charge in [0.15, 0.2) is 0 Å². The number of halogens is 1. The van der Waals surface area contributed by atoms with E-state index < -0.39 is 23.1 Å². The van der Waals surface area contributed by atoms with Crippen LogP contribution in [0.15, 0.2) is 82.6 Å². The molecule has 2 amide bonds. The van der Waals surface area contributed by atoms with Crippen molar-refractivity contribution < 1.29 is 23.9 Å². The number of benzene rings is 3. The zero-order valence-corrected chi connectivity index (χ0v) is 24.1. The molecular weight excluding hydrogens is 584 g/mol. The summed E-state index contributed by atoms with van der Waals surface area (Å²) in [5.74, 6) is -2.02. The third-order valence-electron chi connectivity index (χ3n) is 7.02. The van der Waals surface area contributed by atoms with Gasteiger partial charge in [-0.1, -0.05) is 65.0 Å². The van der Waals surface area contributed by atoms with Gasteiger partial charge in [0, 0.05) is 21.4 Å². The summed E-state index contributed by atoms with van der Waals surface area (Å²) in [6.45, 7) is 2.23. The van der Waals surface area contributed by atoms with Crippen LogP contribution < -0.4 is 14.5 Å². The number of ether oxygens (including phenoxy) is 2. The van der Waals surface area contributed by atoms with Crippen LogP contribution in [-0.4, -0.2) is 34.6 Å². The monoisotopic (exact) mass is 606 g/mol. The number of para-hydroxylation sites is 1. The highest BCUT2D eigenvalue weighted by Gasteiger charge is 2.56. The van der Waals surface area contributed by atoms with Crippen molar-refractivity contribution in [3.63, 3.8) is 0 Å². The third-order valence-corrected chi connectivity index (χ3v) is 9.68. The van der Waals surface area contributed by atoms with Gasteiger partial charge >= 0.3 is 10.8 Å². The van der Waals surface area contributed by atoms with E-state index in [1.165, 1.54) is 28.8 Å². The Hall–Kier alpha value is -3.86. The van der Waals surface area contributed by atoms with Crippen LogP contribution in [0.25, 0.3) is 0 Å². The molecule has 3 heterocycles. The number of aromatic amines is 1. The Kier molecular flexibility index (Phi) is 7.46. The Balaban J connectivity index is 1.37. The first-order chi connectivity index (χ1) is 19.9. The van der Waals surface area contributed by atoms with E-state index in [-0.39, 0.29) is 29.9 Å². The number of thioether (sulfide) groups is 1. The van der Waals surface area contributed by atoms with Crippen LogP contribution >= 0.6 is 34.7 Å². The van der Waals surface area contributed by atoms with Gasteiger partial charge in [-0.3, -0.25) is 14.4 Å². The number of anilines is 1. The number of rotatable bonds is 7. The molecular formula is C30H23ClN2O6S2. The number of carbonyl (C=O) groups excluding carboxylic acids is 3. The second-order valence-electron chi connectivity index (χ2n) is 9.48. The van der Waals surface area contributed by atoms with E-state index in [0.29, 0.717) is 37.5 Å². The zero-order chi connectivity index (χ0) is 28.7. The van der Waals surface area contributed by atoms with Crippen molar-refractivity contribution in [3.8, 4) is 5.75 Å². The van der Waals surface area contributed by atoms with Gasteiger partial charge in [-0.05, 0) is 55.0 Å². The molecule has 0 unspecified atom stereocenters. The third kappa shape index (κ3) is 5.07. The average Bonchev–Trinajstić information content (AvgIpc) is 3.47. The highest BCUT2D eigenvalue weighted by Crippen LogP contribution is 2.54. The van der Waals surface area contributed by atoms with Gasteiger partial charge in [0.1, 0.15) is 17.6 Å². The van der Waals surface area contributed by atoms with Gasteiger partial charge in [-0.15, -0.1) is 0 Å². The molecule has 1 saturated heterocycles. The SMILES string of the molecule is CCOC(=O)c1ccc(N2C(=O)[C@H]3[C@H](c4ccccc4OCc4ccc(Cl)cc4)c4sc(=O)[nH]c4S[C@H]3C2=O)cc1. The highest BCUT2D eigenvalue weighted by molar-refractivity contribution is 8.00. The van der Waals surface area contributed by atoms with E-state index >= 15 is 0 Å². The minimum absolute atomic E-state index is 0.239. The van der Waals surface area contributed by atoms with Crippen molar-refractivity contribution >= 4 is 58.2 Å². The minimum atomic E-state index is -0.767. The standard InChI is InChI=1S/C30H23ClN2O6S2/c1-2-38-29(36)17-9-13-19(14-10-17)33-27(34)23-22(24-26(32-30(37)41-24)40-25(23)28(33)35)20-5-3-4-6-21(20)39-15-16-7-11-18(31)12-8-16/h3-14,22-23,25H,2,15H2,1H3,(H,32,37)/t22-,23-,25+/m0/s1. The number of H-pyrrole nitrogens is 1. The highest BCUT2D eigenvalue weighted by atomic mass is 35.5. The molecule has 0 bridgehead atoms. The van der Waals surface area contributed by atoms with Gasteiger partial charge in [-0.2, -0.15) is 0 Å². The number of esters is 1. The molecule has 2 aliphatic heterocycles. The van der Waals surface area contributed by atoms with Crippen molar-refractivity contribution in [3.05, 3.63) is 109 Å². The molecule has 0 saturated carbocycles. The number of hydrogen-bond donors (Lipinski definition) is 1. The molecule has 4 aromatic rings. The predicted octanol–water partition coefficient (Wildman–Crippen LogP) is 5.64. The van der Waals surface area contributed by atoms with Crippen LogP contribution in [0.2, 0.25) is 5.02 Å². The lowest BCUT2D eigenvalue weighted by atomic mass is 9.82. The maximum atomic E-state index is 14.1. The Morgan fingerprint density at radius 2 is 1.71 bits per heavy atom. The zero-order valence-electron chi connectivity index (χ0n) is 21.7. The molecule has 0 aliphatic carbocycles. The summed E-state index contributed by atoms with van der Waals surface area (Å²) in [5, 5.41) is 0.456. The second kappa shape index (κ2) is 11.2. The summed E-state index contributed by atoms with van der Waals surface area (Å²) in [7, 11) is 0. The average molecular weight is 607 g/mol. The summed E-state index contributed by atoms with van der Waals surface area (Å²) in [4.78, 5) is 56.8. The van der Waals surface area contributed by atoms with E-state index in [0.717, 1.165) is 16.9 Å². The molecule has 11 heteroatoms. The first kappa shape index (κ1) is 27.3. The number of amides is 2. The Morgan fingerprint density at radius 1 is 0.976 bits per heavy atom. The maximum absolute atomic E-state index is 14.1. The number of nitrogens with one attached hydrogen (secondary N) is 1. The molecule has 1 fully saturated rings. The topological polar surface area (TPSA) is 106 Å². The number of hydrogen-bond acceptors (Lipinski definition) is 8. The number of imide groups is 1. The van der Waals surface area contributed by atoms with Gasteiger partial charge in [0.25, 0.3) is 0 Å². The van der Waals surface area contributed by atoms with Crippen LogP contribution in [0.4, 0.5) is 5.69 Å². The van der Waals surface area contributed by atoms with Crippen molar-refractivity contribution in [1.82, 2.24) is 4.98 Å². The fourth-order valence-electron chi connectivity index (χ4n) is 5.18. The van der Waals surface area contributed by atoms with Gasteiger partial charge in [0.2, 0.25) is 11.8 Å². The van der Waals surface area contributed by atoms with Crippen LogP contribution in [-0.2, 0) is 20.9 Å². The molecule has 3 aromatic carbocycles. The predicted molar refractivity (Wildman–Crippen MR) is 157 cm³/mol. The molecule has 1 N–H and O–H groups in total. The van der Waals surface area contributed by atoms with E-state index in [9.17, 15) is 19.2 Å². The van der Waals surface area contributed by atoms with Crippen molar-refractivity contribution in [2.75, 3.05) is 11.5 Å². The summed E-state index contributed by atoms with van der Waals surface area (Å²) < 4.78 is 11.3. The lowest BCUT2D eigenvalue weighted by Crippen LogP contribution is -2.32. The molecule has 6 rings (SSSR count). The van der Waals surface area contributed by atoms with Crippen LogP contribution in [0.3, 0.4) is 0 Å². The summed E-state index contributed by atoms with van der Waals surface area (Å²) in [6, 6.07) is 20.9. The van der Waals surface area contributed by atoms with E-state index in [1.807, 2.05) is 36.4 Å². The molecule has 8 nitrogen and oxygen atoms in total. The van der Waals surface area contributed by atoms with E-state index in [4.69, 9.17) is 21.1 Å². The van der Waals surface area contributed by atoms with Crippen molar-refractivity contribution in [2.45, 2.75) is 29.7 Å². The second-order valence-corrected chi connectivity index (χ2v) is 12.1. The maximum Gasteiger partial charge on any atom is 0.338 e. The minimum Gasteiger partial charge on any atom is -0.489 e. The molecule has 2 aliphatic rings. The fraction of sp³-hybridized carbons (Fsp3) is 0.200. The smallest absolute Gasteiger partial charge is 0.338 e. The Labute approximate surface area is 248 Å². The molecule has 41 heavy (non-hydrogen) atoms. The summed E-state index contributed by atoms with van der Waals surface area (Å²) in [5.41, 5.74) is 2.32. The molecule has 1 aromatic heterocycles. The van der Waals surface area contributed by atoms with Crippen LogP contribution in [0.1, 0.15) is 39.2 Å². The lowest BCUT2D eigenvalue weighted by molar-refractivity contribution is -0.122. The van der Waals surface area contributed by atoms with Gasteiger partial charge in [0.05, 0.1) is 28.8 Å². The molecule has 0 radical (unpaired) electrons. The molecule has 3 atom stereocenters. The number of fused-ring (bicyclic) bond motifs is 2. The first-order valence-corrected chi connectivity index (χ1v) is 14.9. The quantitative estimate of drug-likeness (QED) is 0.214. The lowest BCUT2D eigenvalue weighted by Gasteiger charge is -2.30. The van der Waals surface area contributed by atoms with Crippen molar-refractivity contribution in [2.24, 2.45) is 5.92 Å². The Bertz CT molecular complexity index is 1700. The van der Waals surface area contributed by atoms with Crippen LogP contribution in [0.5, 0.6) is 5.75 Å². The normalized spacial score (nSPS) is 19.6. The summed E-state index contributed by atoms with van der Waals surface area (Å²) in [6.07, 6.45) is 0. The number of aromatic nitrogens is 1. The van der Waals surface area contributed by atoms with Gasteiger partial charge in [-0.25, -0.2) is 9.69 Å². The van der Waals surface area contributed by atoms with Crippen LogP contribution in [0, 0.1) is 5.92 Å². The summed E-state index contributed by atoms with van der Waals surface area (Å²) >= 11 is 8.26. The number of thiazole rings is 1. The number of nitrogens with zero attached hydrogens (tertiary/aromatic N) is 1. The molecule has 0 spiro atoms. The van der Waals surface area contributed by atoms with Gasteiger partial charge < -0.3 is 14.5 Å². The van der Waals surface area contributed by atoms with E-state index in [2.05, 4.69) is 4.98 Å². The first-order valence-electron chi connectivity index (χ1n) is 12.9. The van der Waals surface area contributed by atoms with Crippen molar-refractivity contribution in [1.29, 1.82) is 0 Å². The van der Waals surface area contributed by atoms with E-state index in [1.54, 1.807) is 31.2 Å². The fourth-order valence-corrected chi connectivity index (χ4v) is 7.81.